The first-order valence-electron chi connectivity index (χ1n) is 13.5. The summed E-state index contributed by atoms with van der Waals surface area (Å²) in [4.78, 5) is 12.5. The predicted octanol–water partition coefficient (Wildman–Crippen LogP) is 9.14. The maximum absolute atomic E-state index is 12.5. The highest BCUT2D eigenvalue weighted by molar-refractivity contribution is 5.91. The van der Waals surface area contributed by atoms with E-state index in [0.717, 1.165) is 24.5 Å². The zero-order valence-electron chi connectivity index (χ0n) is 22.0. The van der Waals surface area contributed by atoms with Crippen molar-refractivity contribution in [2.24, 2.45) is 5.92 Å². The second-order valence-electron chi connectivity index (χ2n) is 9.29. The van der Waals surface area contributed by atoms with E-state index in [9.17, 15) is 4.79 Å². The van der Waals surface area contributed by atoms with Crippen LogP contribution in [-0.4, -0.2) is 12.6 Å². The Kier molecular flexibility index (Phi) is 14.4. The third-order valence-corrected chi connectivity index (χ3v) is 6.21. The summed E-state index contributed by atoms with van der Waals surface area (Å²) in [6, 6.07) is 14.2. The molecule has 0 unspecified atom stereocenters. The van der Waals surface area contributed by atoms with E-state index in [-0.39, 0.29) is 0 Å². The summed E-state index contributed by atoms with van der Waals surface area (Å²) in [7, 11) is 0. The Morgan fingerprint density at radius 2 is 1.46 bits per heavy atom. The maximum Gasteiger partial charge on any atom is 0.343 e. The Balaban J connectivity index is 1.66. The van der Waals surface area contributed by atoms with Gasteiger partial charge < -0.3 is 14.2 Å². The van der Waals surface area contributed by atoms with E-state index in [1.165, 1.54) is 57.8 Å². The molecule has 0 bridgehead atoms. The summed E-state index contributed by atoms with van der Waals surface area (Å²) < 4.78 is 16.9. The monoisotopic (exact) mass is 480 g/mol. The van der Waals surface area contributed by atoms with Crippen LogP contribution in [0, 0.1) is 5.92 Å². The molecule has 0 saturated carbocycles. The second kappa shape index (κ2) is 17.7. The first-order chi connectivity index (χ1) is 17.1. The van der Waals surface area contributed by atoms with Crippen molar-refractivity contribution in [2.45, 2.75) is 91.4 Å². The smallest absolute Gasteiger partial charge is 0.343 e. The highest BCUT2D eigenvalue weighted by Gasteiger charge is 2.09. The molecule has 2 aromatic rings. The van der Waals surface area contributed by atoms with Crippen molar-refractivity contribution in [3.05, 3.63) is 66.4 Å². The van der Waals surface area contributed by atoms with Gasteiger partial charge in [-0.3, -0.25) is 0 Å². The number of carbonyl (C=O) groups excluding carboxylic acids is 1. The molecule has 192 valence electrons. The van der Waals surface area contributed by atoms with Crippen LogP contribution in [0.5, 0.6) is 17.2 Å². The van der Waals surface area contributed by atoms with Gasteiger partial charge in [0.1, 0.15) is 17.2 Å². The van der Waals surface area contributed by atoms with E-state index < -0.39 is 5.97 Å². The van der Waals surface area contributed by atoms with Gasteiger partial charge in [-0.05, 0) is 79.8 Å². The molecular weight excluding hydrogens is 436 g/mol. The van der Waals surface area contributed by atoms with E-state index >= 15 is 0 Å². The highest BCUT2D eigenvalue weighted by atomic mass is 16.5. The lowest BCUT2D eigenvalue weighted by atomic mass is 10.0. The number of hydrogen-bond acceptors (Lipinski definition) is 4. The number of unbranched alkanes of at least 4 members (excludes halogenated alkanes) is 7. The molecule has 4 nitrogen and oxygen atoms in total. The summed E-state index contributed by atoms with van der Waals surface area (Å²) in [6.45, 7) is 7.49. The molecule has 0 N–H and O–H groups in total. The molecule has 0 amide bonds. The predicted molar refractivity (Wildman–Crippen MR) is 144 cm³/mol. The fourth-order valence-corrected chi connectivity index (χ4v) is 3.67. The second-order valence-corrected chi connectivity index (χ2v) is 9.29. The van der Waals surface area contributed by atoms with Crippen LogP contribution >= 0.6 is 0 Å². The molecular formula is C31H44O4. The van der Waals surface area contributed by atoms with Gasteiger partial charge in [-0.15, -0.1) is 0 Å². The van der Waals surface area contributed by atoms with E-state index in [0.29, 0.717) is 23.7 Å². The largest absolute Gasteiger partial charge is 0.494 e. The number of ether oxygens (including phenoxy) is 3. The maximum atomic E-state index is 12.5. The summed E-state index contributed by atoms with van der Waals surface area (Å²) in [5.74, 6) is 2.41. The number of rotatable bonds is 18. The Bertz CT molecular complexity index is 839. The molecule has 1 atom stereocenters. The minimum Gasteiger partial charge on any atom is -0.494 e. The Morgan fingerprint density at radius 1 is 0.800 bits per heavy atom. The van der Waals surface area contributed by atoms with Gasteiger partial charge >= 0.3 is 5.97 Å². The molecule has 0 aliphatic carbocycles. The molecule has 0 radical (unpaired) electrons. The summed E-state index contributed by atoms with van der Waals surface area (Å²) in [5.41, 5.74) is 0.481. The fourth-order valence-electron chi connectivity index (χ4n) is 3.67. The first-order valence-corrected chi connectivity index (χ1v) is 13.5. The van der Waals surface area contributed by atoms with E-state index in [1.54, 1.807) is 42.7 Å². The minimum atomic E-state index is -0.394. The van der Waals surface area contributed by atoms with Gasteiger partial charge in [0.2, 0.25) is 0 Å². The van der Waals surface area contributed by atoms with Crippen molar-refractivity contribution in [1.29, 1.82) is 0 Å². The van der Waals surface area contributed by atoms with Crippen LogP contribution in [0.25, 0.3) is 0 Å². The van der Waals surface area contributed by atoms with E-state index in [4.69, 9.17) is 14.2 Å². The molecule has 0 spiro atoms. The molecule has 0 heterocycles. The number of allylic oxidation sites excluding steroid dienone is 1. The summed E-state index contributed by atoms with van der Waals surface area (Å²) in [5, 5.41) is 0. The number of carbonyl (C=O) groups is 1. The summed E-state index contributed by atoms with van der Waals surface area (Å²) >= 11 is 0. The molecule has 2 aromatic carbocycles. The fraction of sp³-hybridized carbons (Fsp3) is 0.516. The molecule has 2 rings (SSSR count). The topological polar surface area (TPSA) is 44.8 Å². The van der Waals surface area contributed by atoms with Crippen molar-refractivity contribution >= 4 is 5.97 Å². The molecule has 0 saturated heterocycles. The van der Waals surface area contributed by atoms with Crippen molar-refractivity contribution in [2.75, 3.05) is 6.61 Å². The zero-order valence-corrected chi connectivity index (χ0v) is 22.0. The molecule has 0 aliphatic heterocycles. The van der Waals surface area contributed by atoms with Crippen LogP contribution in [0.2, 0.25) is 0 Å². The van der Waals surface area contributed by atoms with Crippen LogP contribution in [-0.2, 0) is 0 Å². The van der Waals surface area contributed by atoms with Crippen molar-refractivity contribution in [1.82, 2.24) is 0 Å². The Morgan fingerprint density at radius 3 is 2.17 bits per heavy atom. The zero-order chi connectivity index (χ0) is 25.1. The van der Waals surface area contributed by atoms with Crippen LogP contribution < -0.4 is 14.2 Å². The van der Waals surface area contributed by atoms with Gasteiger partial charge in [-0.2, -0.15) is 0 Å². The number of esters is 1. The Labute approximate surface area is 212 Å². The van der Waals surface area contributed by atoms with E-state index in [1.807, 2.05) is 12.1 Å². The van der Waals surface area contributed by atoms with Gasteiger partial charge in [-0.25, -0.2) is 4.79 Å². The lowest BCUT2D eigenvalue weighted by Gasteiger charge is -2.09. The highest BCUT2D eigenvalue weighted by Crippen LogP contribution is 2.20. The molecule has 0 aliphatic rings. The van der Waals surface area contributed by atoms with Gasteiger partial charge in [0.05, 0.1) is 18.4 Å². The molecule has 0 fully saturated rings. The standard InChI is InChI=1S/C31H44O4/c1-4-6-7-8-9-10-13-24-33-28-18-16-27(17-19-28)31(32)35-30-22-20-29(21-23-30)34-25-14-11-12-15-26(3)5-2/h13,16-24,26H,4-12,14-15,25H2,1-3H3/b24-13+/t26-/m0/s1. The average molecular weight is 481 g/mol. The SMILES string of the molecule is CCCCCCC/C=C/Oc1ccc(C(=O)Oc2ccc(OCCCCC[C@@H](C)CC)cc2)cc1. The lowest BCUT2D eigenvalue weighted by Crippen LogP contribution is -2.08. The summed E-state index contributed by atoms with van der Waals surface area (Å²) in [6.07, 6.45) is 17.2. The Hall–Kier alpha value is -2.75. The quantitative estimate of drug-likeness (QED) is 0.0923. The van der Waals surface area contributed by atoms with Gasteiger partial charge in [0.15, 0.2) is 0 Å². The molecule has 35 heavy (non-hydrogen) atoms. The third kappa shape index (κ3) is 12.5. The van der Waals surface area contributed by atoms with Gasteiger partial charge in [0.25, 0.3) is 0 Å². The van der Waals surface area contributed by atoms with Crippen molar-refractivity contribution in [3.8, 4) is 17.2 Å². The van der Waals surface area contributed by atoms with Gasteiger partial charge in [-0.1, -0.05) is 72.1 Å². The van der Waals surface area contributed by atoms with Crippen molar-refractivity contribution < 1.29 is 19.0 Å². The molecule has 0 aromatic heterocycles. The van der Waals surface area contributed by atoms with Crippen LogP contribution in [0.15, 0.2) is 60.9 Å². The normalized spacial score (nSPS) is 12.0. The lowest BCUT2D eigenvalue weighted by molar-refractivity contribution is 0.0734. The number of hydrogen-bond donors (Lipinski definition) is 0. The first kappa shape index (κ1) is 28.5. The average Bonchev–Trinajstić information content (AvgIpc) is 2.88. The van der Waals surface area contributed by atoms with Crippen LogP contribution in [0.4, 0.5) is 0 Å². The van der Waals surface area contributed by atoms with E-state index in [2.05, 4.69) is 26.8 Å². The molecule has 4 heteroatoms. The third-order valence-electron chi connectivity index (χ3n) is 6.21. The van der Waals surface area contributed by atoms with Crippen molar-refractivity contribution in [3.63, 3.8) is 0 Å². The minimum absolute atomic E-state index is 0.394. The van der Waals surface area contributed by atoms with Gasteiger partial charge in [0, 0.05) is 0 Å². The number of benzene rings is 2. The van der Waals surface area contributed by atoms with Crippen LogP contribution in [0.1, 0.15) is 102 Å². The van der Waals surface area contributed by atoms with Crippen LogP contribution in [0.3, 0.4) is 0 Å².